The summed E-state index contributed by atoms with van der Waals surface area (Å²) in [5.74, 6) is -0.653. The third-order valence-corrected chi connectivity index (χ3v) is 4.97. The van der Waals surface area contributed by atoms with Crippen molar-refractivity contribution in [1.82, 2.24) is 9.71 Å². The minimum absolute atomic E-state index is 0.0807. The van der Waals surface area contributed by atoms with Gasteiger partial charge in [-0.05, 0) is 30.7 Å². The van der Waals surface area contributed by atoms with E-state index in [1.807, 2.05) is 0 Å². The first kappa shape index (κ1) is 13.9. The van der Waals surface area contributed by atoms with E-state index >= 15 is 0 Å². The van der Waals surface area contributed by atoms with E-state index in [2.05, 4.69) is 25.6 Å². The summed E-state index contributed by atoms with van der Waals surface area (Å²) in [4.78, 5) is 3.42. The first-order valence-corrected chi connectivity index (χ1v) is 8.24. The highest BCUT2D eigenvalue weighted by Crippen LogP contribution is 2.48. The van der Waals surface area contributed by atoms with Crippen molar-refractivity contribution in [2.24, 2.45) is 5.41 Å². The SMILES string of the molecule is O=S(=O)(NCC1(CCBr)CC1)c1cncc(F)c1. The zero-order valence-electron chi connectivity index (χ0n) is 9.70. The first-order valence-electron chi connectivity index (χ1n) is 5.64. The van der Waals surface area contributed by atoms with Gasteiger partial charge < -0.3 is 0 Å². The zero-order valence-corrected chi connectivity index (χ0v) is 12.1. The molecule has 1 N–H and O–H groups in total. The van der Waals surface area contributed by atoms with Crippen molar-refractivity contribution >= 4 is 26.0 Å². The van der Waals surface area contributed by atoms with Gasteiger partial charge in [0.1, 0.15) is 10.7 Å². The van der Waals surface area contributed by atoms with E-state index < -0.39 is 15.8 Å². The summed E-state index contributed by atoms with van der Waals surface area (Å²) >= 11 is 3.36. The minimum Gasteiger partial charge on any atom is -0.260 e. The molecule has 1 heterocycles. The van der Waals surface area contributed by atoms with Gasteiger partial charge in [-0.15, -0.1) is 0 Å². The van der Waals surface area contributed by atoms with Gasteiger partial charge in [-0.2, -0.15) is 0 Å². The van der Waals surface area contributed by atoms with E-state index in [0.717, 1.165) is 43.1 Å². The third kappa shape index (κ3) is 3.27. The van der Waals surface area contributed by atoms with Gasteiger partial charge in [-0.1, -0.05) is 15.9 Å². The fraction of sp³-hybridized carbons (Fsp3) is 0.545. The summed E-state index contributed by atoms with van der Waals surface area (Å²) in [5.41, 5.74) is 0.0807. The van der Waals surface area contributed by atoms with E-state index in [1.165, 1.54) is 0 Å². The molecule has 0 bridgehead atoms. The van der Waals surface area contributed by atoms with E-state index in [9.17, 15) is 12.8 Å². The van der Waals surface area contributed by atoms with Gasteiger partial charge in [-0.25, -0.2) is 17.5 Å². The smallest absolute Gasteiger partial charge is 0.242 e. The van der Waals surface area contributed by atoms with Gasteiger partial charge in [0.05, 0.1) is 6.20 Å². The van der Waals surface area contributed by atoms with Crippen molar-refractivity contribution in [3.63, 3.8) is 0 Å². The Labute approximate surface area is 114 Å². The van der Waals surface area contributed by atoms with Crippen LogP contribution >= 0.6 is 15.9 Å². The second-order valence-corrected chi connectivity index (χ2v) is 7.16. The first-order chi connectivity index (χ1) is 8.47. The van der Waals surface area contributed by atoms with Crippen LogP contribution in [0.15, 0.2) is 23.4 Å². The molecule has 0 atom stereocenters. The minimum atomic E-state index is -3.66. The number of hydrogen-bond acceptors (Lipinski definition) is 3. The Balaban J connectivity index is 2.04. The summed E-state index contributed by atoms with van der Waals surface area (Å²) < 4.78 is 39.3. The van der Waals surface area contributed by atoms with E-state index in [4.69, 9.17) is 0 Å². The van der Waals surface area contributed by atoms with Crippen LogP contribution in [0.4, 0.5) is 4.39 Å². The number of halogens is 2. The lowest BCUT2D eigenvalue weighted by atomic mass is 10.1. The molecule has 0 amide bonds. The summed E-state index contributed by atoms with van der Waals surface area (Å²) in [7, 11) is -3.66. The van der Waals surface area contributed by atoms with Gasteiger partial charge in [0.25, 0.3) is 0 Å². The molecule has 1 fully saturated rings. The topological polar surface area (TPSA) is 59.1 Å². The number of nitrogens with zero attached hydrogens (tertiary/aromatic N) is 1. The van der Waals surface area contributed by atoms with Gasteiger partial charge >= 0.3 is 0 Å². The van der Waals surface area contributed by atoms with Crippen LogP contribution in [0, 0.1) is 11.2 Å². The number of sulfonamides is 1. The standard InChI is InChI=1S/C11H14BrFN2O2S/c12-4-3-11(1-2-11)8-15-18(16,17)10-5-9(13)6-14-7-10/h5-7,15H,1-4,8H2. The second kappa shape index (κ2) is 5.22. The van der Waals surface area contributed by atoms with Gasteiger partial charge in [-0.3, -0.25) is 4.98 Å². The summed E-state index contributed by atoms with van der Waals surface area (Å²) in [6.45, 7) is 0.400. The molecule has 1 aliphatic rings. The monoisotopic (exact) mass is 336 g/mol. The molecule has 1 aromatic heterocycles. The molecule has 7 heteroatoms. The number of aromatic nitrogens is 1. The third-order valence-electron chi connectivity index (χ3n) is 3.21. The number of hydrogen-bond donors (Lipinski definition) is 1. The summed E-state index contributed by atoms with van der Waals surface area (Å²) in [6.07, 6.45) is 5.13. The van der Waals surface area contributed by atoms with Crippen molar-refractivity contribution in [3.05, 3.63) is 24.3 Å². The fourth-order valence-corrected chi connectivity index (χ4v) is 3.73. The molecule has 1 aliphatic carbocycles. The normalized spacial score (nSPS) is 17.7. The van der Waals surface area contributed by atoms with E-state index in [1.54, 1.807) is 0 Å². The van der Waals surface area contributed by atoms with Gasteiger partial charge in [0, 0.05) is 18.1 Å². The van der Waals surface area contributed by atoms with E-state index in [-0.39, 0.29) is 10.3 Å². The molecule has 0 aromatic carbocycles. The molecular formula is C11H14BrFN2O2S. The Kier molecular flexibility index (Phi) is 4.03. The maximum absolute atomic E-state index is 12.9. The van der Waals surface area contributed by atoms with Crippen LogP contribution in [0.25, 0.3) is 0 Å². The largest absolute Gasteiger partial charge is 0.260 e. The number of rotatable bonds is 6. The molecule has 0 radical (unpaired) electrons. The van der Waals surface area contributed by atoms with Crippen LogP contribution in [0.5, 0.6) is 0 Å². The second-order valence-electron chi connectivity index (χ2n) is 4.60. The molecule has 1 aromatic rings. The fourth-order valence-electron chi connectivity index (χ4n) is 1.76. The number of alkyl halides is 1. The Morgan fingerprint density at radius 1 is 1.44 bits per heavy atom. The Hall–Kier alpha value is -0.530. The maximum atomic E-state index is 12.9. The molecule has 0 aliphatic heterocycles. The van der Waals surface area contributed by atoms with Crippen molar-refractivity contribution < 1.29 is 12.8 Å². The van der Waals surface area contributed by atoms with Crippen LogP contribution < -0.4 is 4.72 Å². The van der Waals surface area contributed by atoms with Crippen molar-refractivity contribution in [1.29, 1.82) is 0 Å². The Morgan fingerprint density at radius 2 is 2.17 bits per heavy atom. The lowest BCUT2D eigenvalue weighted by molar-refractivity contribution is 0.480. The van der Waals surface area contributed by atoms with Crippen molar-refractivity contribution in [2.75, 3.05) is 11.9 Å². The highest BCUT2D eigenvalue weighted by Gasteiger charge is 2.42. The van der Waals surface area contributed by atoms with Crippen LogP contribution in [0.3, 0.4) is 0 Å². The molecule has 0 spiro atoms. The predicted octanol–water partition coefficient (Wildman–Crippen LogP) is 2.06. The molecule has 0 saturated heterocycles. The predicted molar refractivity (Wildman–Crippen MR) is 69.5 cm³/mol. The number of pyridine rings is 1. The number of nitrogens with one attached hydrogen (secondary N) is 1. The molecule has 18 heavy (non-hydrogen) atoms. The average Bonchev–Trinajstić information content (AvgIpc) is 3.08. The van der Waals surface area contributed by atoms with Crippen LogP contribution in [-0.2, 0) is 10.0 Å². The molecule has 0 unspecified atom stereocenters. The zero-order chi connectivity index (χ0) is 13.2. The Morgan fingerprint density at radius 3 is 2.72 bits per heavy atom. The van der Waals surface area contributed by atoms with Crippen LogP contribution in [0.1, 0.15) is 19.3 Å². The maximum Gasteiger partial charge on any atom is 0.242 e. The summed E-state index contributed by atoms with van der Waals surface area (Å²) in [6, 6.07) is 0.972. The van der Waals surface area contributed by atoms with E-state index in [0.29, 0.717) is 6.54 Å². The molecule has 4 nitrogen and oxygen atoms in total. The van der Waals surface area contributed by atoms with Crippen molar-refractivity contribution in [2.45, 2.75) is 24.2 Å². The highest BCUT2D eigenvalue weighted by molar-refractivity contribution is 9.09. The molecule has 2 rings (SSSR count). The van der Waals surface area contributed by atoms with Crippen molar-refractivity contribution in [3.8, 4) is 0 Å². The van der Waals surface area contributed by atoms with Crippen LogP contribution in [-0.4, -0.2) is 25.3 Å². The molecular weight excluding hydrogens is 323 g/mol. The van der Waals surface area contributed by atoms with Crippen LogP contribution in [0.2, 0.25) is 0 Å². The highest BCUT2D eigenvalue weighted by atomic mass is 79.9. The van der Waals surface area contributed by atoms with Gasteiger partial charge in [0.15, 0.2) is 0 Å². The molecule has 1 saturated carbocycles. The summed E-state index contributed by atoms with van der Waals surface area (Å²) in [5, 5.41) is 0.857. The average molecular weight is 337 g/mol. The van der Waals surface area contributed by atoms with Gasteiger partial charge in [0.2, 0.25) is 10.0 Å². The molecule has 100 valence electrons. The quantitative estimate of drug-likeness (QED) is 0.809. The lowest BCUT2D eigenvalue weighted by Gasteiger charge is -2.14. The lowest BCUT2D eigenvalue weighted by Crippen LogP contribution is -2.30. The Bertz CT molecular complexity index is 532.